The number of nitrogens with zero attached hydrogens (tertiary/aromatic N) is 9. The summed E-state index contributed by atoms with van der Waals surface area (Å²) in [6.07, 6.45) is 10.6. The Kier molecular flexibility index (Phi) is 23.2. The number of carboxylic acid groups (broad SMARTS) is 2. The molecule has 7 aliphatic rings. The minimum atomic E-state index is -0.943. The number of urea groups is 2. The van der Waals surface area contributed by atoms with Crippen molar-refractivity contribution in [3.63, 3.8) is 0 Å². The Hall–Kier alpha value is -6.58. The van der Waals surface area contributed by atoms with E-state index in [2.05, 4.69) is 41.5 Å². The number of carbonyl (C=O) groups excluding carboxylic acids is 4. The van der Waals surface area contributed by atoms with Crippen molar-refractivity contribution in [2.24, 2.45) is 21.8 Å². The van der Waals surface area contributed by atoms with Gasteiger partial charge in [-0.25, -0.2) is 37.9 Å². The second-order valence-electron chi connectivity index (χ2n) is 22.0. The van der Waals surface area contributed by atoms with E-state index in [-0.39, 0.29) is 84.5 Å². The molecule has 2 aliphatic carbocycles. The van der Waals surface area contributed by atoms with Crippen molar-refractivity contribution in [1.29, 1.82) is 0 Å². The fraction of sp³-hybridized carbons (Fsp3) is 0.483. The van der Waals surface area contributed by atoms with Crippen LogP contribution >= 0.6 is 61.8 Å². The molecule has 3 saturated heterocycles. The molecule has 0 spiro atoms. The average molecular weight is 1360 g/mol. The highest BCUT2D eigenvalue weighted by molar-refractivity contribution is 9.09. The van der Waals surface area contributed by atoms with Crippen LogP contribution in [0.1, 0.15) is 105 Å². The van der Waals surface area contributed by atoms with Gasteiger partial charge in [0.25, 0.3) is 0 Å². The van der Waals surface area contributed by atoms with Gasteiger partial charge in [0.1, 0.15) is 23.7 Å². The van der Waals surface area contributed by atoms with Crippen molar-refractivity contribution >= 4 is 109 Å². The summed E-state index contributed by atoms with van der Waals surface area (Å²) in [4.78, 5) is 101. The Morgan fingerprint density at radius 3 is 1.67 bits per heavy atom. The molecule has 0 radical (unpaired) electrons. The average Bonchev–Trinajstić information content (AvgIpc) is 2.90. The quantitative estimate of drug-likeness (QED) is 0.0436. The van der Waals surface area contributed by atoms with Gasteiger partial charge in [-0.2, -0.15) is 0 Å². The fourth-order valence-corrected chi connectivity index (χ4v) is 14.3. The number of rotatable bonds is 17. The van der Waals surface area contributed by atoms with Crippen molar-refractivity contribution in [2.75, 3.05) is 65.4 Å². The molecule has 7 heterocycles. The summed E-state index contributed by atoms with van der Waals surface area (Å²) in [5, 5.41) is 29.9. The second-order valence-corrected chi connectivity index (χ2v) is 25.1. The largest absolute Gasteiger partial charge is 0.481 e. The van der Waals surface area contributed by atoms with Crippen LogP contribution in [0.2, 0.25) is 10.0 Å². The molecular weight excluding hydrogens is 1290 g/mol. The Morgan fingerprint density at radius 2 is 1.22 bits per heavy atom. The minimum absolute atomic E-state index is 0. The molecule has 8 atom stereocenters. The van der Waals surface area contributed by atoms with E-state index in [1.54, 1.807) is 55.2 Å². The number of benzene rings is 2. The molecule has 4 N–H and O–H groups in total. The number of fused-ring (bicyclic) bond motifs is 1. The van der Waals surface area contributed by atoms with Gasteiger partial charge in [-0.05, 0) is 90.8 Å². The number of carbonyl (C=O) groups is 6. The van der Waals surface area contributed by atoms with Crippen molar-refractivity contribution in [3.8, 4) is 0 Å². The normalized spacial score (nSPS) is 24.1. The van der Waals surface area contributed by atoms with Crippen LogP contribution in [-0.2, 0) is 28.7 Å². The Labute approximate surface area is 536 Å². The third-order valence-electron chi connectivity index (χ3n) is 16.6. The standard InChI is InChI=1S/C29H34ClFN6O5S.C17H14BrClFN3O2S.C13H20N2O3.CH3/c1-4-42-28(40)22-21(33-25(26-32-10-11-43-26)34-24(22)19-6-5-7-20(31)23(19)30)15-35(2)13-18-14-37(29(41)36(18)3)17-9-8-16(12-17)27(38)39;1-2-25-17(24)12-11(8-18)22-15(16-21-6-7-26-16)23-14(12)9-4-3-5-10(20)13(9)19;16-12(17)9-4-5-10(7-9)15-8-11-3-1-2-6-14(11)13(15)18;/h5-7,10-11,16-18,24H,4,8-9,12-15H2,1-3H3,(H,33,34)(H,38,39);3-7,14H,2,8H2,1H3,(H,22,23);9-11H,1-8H2,(H,16,17);1H3/q;;;-1/t16?,17?,18-,24-;14-;9?,10?,11-;/m000./s1. The highest BCUT2D eigenvalue weighted by atomic mass is 79.9. The van der Waals surface area contributed by atoms with E-state index in [0.717, 1.165) is 32.4 Å². The van der Waals surface area contributed by atoms with Crippen LogP contribution in [0.15, 0.2) is 92.1 Å². The molecule has 28 heteroatoms. The summed E-state index contributed by atoms with van der Waals surface area (Å²) in [5.74, 6) is -3.61. The summed E-state index contributed by atoms with van der Waals surface area (Å²) < 4.78 is 39.2. The summed E-state index contributed by atoms with van der Waals surface area (Å²) in [7, 11) is 3.63. The highest BCUT2D eigenvalue weighted by Gasteiger charge is 2.46. The van der Waals surface area contributed by atoms with Crippen LogP contribution in [0.4, 0.5) is 18.4 Å². The number of piperidine rings is 1. The number of halogens is 5. The van der Waals surface area contributed by atoms with Gasteiger partial charge in [-0.15, -0.1) is 22.7 Å². The lowest BCUT2D eigenvalue weighted by atomic mass is 9.95. The molecule has 21 nitrogen and oxygen atoms in total. The number of aromatic nitrogens is 2. The Morgan fingerprint density at radius 1 is 0.716 bits per heavy atom. The molecular formula is C60H71BrCl2F2N11O10S2-. The zero-order valence-corrected chi connectivity index (χ0v) is 54.0. The van der Waals surface area contributed by atoms with Crippen LogP contribution in [0.3, 0.4) is 0 Å². The van der Waals surface area contributed by atoms with E-state index < -0.39 is 53.5 Å². The maximum absolute atomic E-state index is 14.6. The number of allylic oxidation sites excluding steroid dienone is 1. The van der Waals surface area contributed by atoms with E-state index in [9.17, 15) is 42.7 Å². The van der Waals surface area contributed by atoms with Gasteiger partial charge in [0.2, 0.25) is 0 Å². The molecule has 88 heavy (non-hydrogen) atoms. The Bertz CT molecular complexity index is 3340. The number of carboxylic acids is 2. The number of likely N-dealkylation sites (N-methyl/N-ethyl adjacent to an activating group) is 2. The molecule has 5 fully saturated rings. The number of thiazole rings is 2. The molecule has 4 amide bonds. The van der Waals surface area contributed by atoms with Crippen LogP contribution in [0.5, 0.6) is 0 Å². The number of esters is 2. The maximum atomic E-state index is 14.6. The number of nitrogens with one attached hydrogen (secondary N) is 2. The number of ether oxygens (including phenoxy) is 2. The molecule has 2 saturated carbocycles. The summed E-state index contributed by atoms with van der Waals surface area (Å²) in [6, 6.07) is 7.43. The number of aliphatic imine (C=N–C) groups is 2. The lowest BCUT2D eigenvalue weighted by Gasteiger charge is -2.31. The number of alkyl halides is 1. The molecule has 5 aliphatic heterocycles. The van der Waals surface area contributed by atoms with Gasteiger partial charge in [0, 0.05) is 103 Å². The smallest absolute Gasteiger partial charge is 0.338 e. The first-order chi connectivity index (χ1) is 41.8. The Balaban J connectivity index is 0.000000188. The van der Waals surface area contributed by atoms with Crippen LogP contribution < -0.4 is 10.6 Å². The van der Waals surface area contributed by atoms with Gasteiger partial charge in [-0.3, -0.25) is 24.5 Å². The predicted octanol–water partition coefficient (Wildman–Crippen LogP) is 9.98. The number of hydrogen-bond donors (Lipinski definition) is 4. The van der Waals surface area contributed by atoms with Crippen molar-refractivity contribution < 1.29 is 57.2 Å². The first-order valence-corrected chi connectivity index (χ1v) is 32.4. The van der Waals surface area contributed by atoms with Crippen LogP contribution in [-0.4, -0.2) is 182 Å². The highest BCUT2D eigenvalue weighted by Crippen LogP contribution is 2.41. The molecule has 0 bridgehead atoms. The zero-order valence-electron chi connectivity index (χ0n) is 49.3. The zero-order chi connectivity index (χ0) is 62.2. The van der Waals surface area contributed by atoms with Gasteiger partial charge in [-0.1, -0.05) is 63.4 Å². The maximum Gasteiger partial charge on any atom is 0.338 e. The van der Waals surface area contributed by atoms with E-state index in [0.29, 0.717) is 101 Å². The first-order valence-electron chi connectivity index (χ1n) is 28.8. The molecule has 4 aromatic rings. The number of aliphatic carboxylic acids is 2. The monoisotopic (exact) mass is 1360 g/mol. The number of amidine groups is 2. The van der Waals surface area contributed by atoms with E-state index >= 15 is 0 Å². The molecule has 2 aromatic heterocycles. The van der Waals surface area contributed by atoms with Crippen molar-refractivity contribution in [2.45, 2.75) is 108 Å². The van der Waals surface area contributed by atoms with Crippen LogP contribution in [0, 0.1) is 30.9 Å². The minimum Gasteiger partial charge on any atom is -0.481 e. The van der Waals surface area contributed by atoms with Crippen molar-refractivity contribution in [1.82, 2.24) is 45.1 Å². The lowest BCUT2D eigenvalue weighted by Crippen LogP contribution is -2.43. The molecule has 4 unspecified atom stereocenters. The van der Waals surface area contributed by atoms with Crippen LogP contribution in [0.25, 0.3) is 0 Å². The van der Waals surface area contributed by atoms with E-state index in [4.69, 9.17) is 42.8 Å². The van der Waals surface area contributed by atoms with Gasteiger partial charge < -0.3 is 57.3 Å². The number of hydrogen-bond acceptors (Lipinski definition) is 17. The van der Waals surface area contributed by atoms with Gasteiger partial charge >= 0.3 is 35.9 Å². The molecule has 11 rings (SSSR count). The topological polar surface area (TPSA) is 252 Å². The van der Waals surface area contributed by atoms with Gasteiger partial charge in [0.05, 0.1) is 58.3 Å². The fourth-order valence-electron chi connectivity index (χ4n) is 12.2. The van der Waals surface area contributed by atoms with E-state index in [1.807, 2.05) is 32.5 Å². The second kappa shape index (κ2) is 30.3. The third-order valence-corrected chi connectivity index (χ3v) is 19.5. The summed E-state index contributed by atoms with van der Waals surface area (Å²) in [5.41, 5.74) is 2.31. The molecule has 2 aromatic carbocycles. The first kappa shape index (κ1) is 67.4. The van der Waals surface area contributed by atoms with E-state index in [1.165, 1.54) is 53.4 Å². The SMILES string of the molecule is CCOC(=O)C1=C(CBr)NC(c2nccs2)=N[C@H]1c1cccc(F)c1Cl.CCOC(=O)C1=C(CN(C)C[C@H]2CN(C3CCC(C(=O)O)C3)C(=O)N2C)NC(c2nccs2)=N[C@H]1c1cccc(F)c1Cl.O=C(O)C1CCC(N2C[C@@H]3CCCCN3C2=O)C1.[CH3-]. The van der Waals surface area contributed by atoms with Crippen molar-refractivity contribution in [3.05, 3.63) is 132 Å². The predicted molar refractivity (Wildman–Crippen MR) is 335 cm³/mol. The third kappa shape index (κ3) is 15.0. The molecule has 474 valence electrons. The summed E-state index contributed by atoms with van der Waals surface area (Å²) >= 11 is 18.7. The summed E-state index contributed by atoms with van der Waals surface area (Å²) in [6.45, 7) is 6.67. The lowest BCUT2D eigenvalue weighted by molar-refractivity contribution is -0.142. The number of amides is 4. The van der Waals surface area contributed by atoms with Gasteiger partial charge in [0.15, 0.2) is 21.7 Å².